The van der Waals surface area contributed by atoms with Gasteiger partial charge in [-0.25, -0.2) is 0 Å². The zero-order valence-electron chi connectivity index (χ0n) is 9.68. The summed E-state index contributed by atoms with van der Waals surface area (Å²) in [5, 5.41) is 0. The molecule has 0 aromatic carbocycles. The second kappa shape index (κ2) is 64.4. The van der Waals surface area contributed by atoms with E-state index in [1.165, 1.54) is 0 Å². The first-order valence-electron chi connectivity index (χ1n) is 1.84. The van der Waals surface area contributed by atoms with Gasteiger partial charge in [-0.3, -0.25) is 0 Å². The Hall–Kier alpha value is 5.44. The molecule has 0 atom stereocenters. The third kappa shape index (κ3) is 399. The van der Waals surface area contributed by atoms with Crippen molar-refractivity contribution in [3.05, 3.63) is 0 Å². The second-order valence-corrected chi connectivity index (χ2v) is 3.09. The van der Waals surface area contributed by atoms with Crippen molar-refractivity contribution in [2.24, 2.45) is 0 Å². The Morgan fingerprint density at radius 2 is 0.450 bits per heavy atom. The summed E-state index contributed by atoms with van der Waals surface area (Å²) in [5.41, 5.74) is 0. The number of rotatable bonds is 0. The molecule has 20 heteroatoms. The zero-order chi connectivity index (χ0) is 10.7. The van der Waals surface area contributed by atoms with Crippen LogP contribution in [0.3, 0.4) is 0 Å². The van der Waals surface area contributed by atoms with E-state index in [0.717, 1.165) is 0 Å². The molecule has 0 amide bonds. The predicted octanol–water partition coefficient (Wildman–Crippen LogP) is -7.86. The van der Waals surface area contributed by atoms with Gasteiger partial charge in [0, 0.05) is 0 Å². The van der Waals surface area contributed by atoms with Gasteiger partial charge in [0.2, 0.25) is 0 Å². The number of hydrogen-bond donors (Lipinski definition) is 0. The molecule has 0 aromatic rings. The van der Waals surface area contributed by atoms with Crippen LogP contribution in [0, 0.1) is 71.2 Å². The van der Waals surface area contributed by atoms with E-state index in [-0.39, 0.29) is 146 Å². The van der Waals surface area contributed by atoms with Gasteiger partial charge in [-0.05, 0) is 0 Å². The fraction of sp³-hybridized carbons (Fsp3) is 0. The van der Waals surface area contributed by atoms with Crippen molar-refractivity contribution in [3.8, 4) is 0 Å². The smallest absolute Gasteiger partial charge is 2.00 e. The summed E-state index contributed by atoms with van der Waals surface area (Å²) in [6, 6.07) is 0. The van der Waals surface area contributed by atoms with Crippen molar-refractivity contribution in [3.63, 3.8) is 0 Å². The Bertz CT molecular complexity index is 129. The maximum absolute atomic E-state index is 8.58. The summed E-state index contributed by atoms with van der Waals surface area (Å²) in [6.07, 6.45) is 0. The van der Waals surface area contributed by atoms with Crippen LogP contribution in [-0.4, -0.2) is 0 Å². The van der Waals surface area contributed by atoms with Crippen LogP contribution in [0.25, 0.3) is 0 Å². The van der Waals surface area contributed by atoms with E-state index < -0.39 is 55.8 Å². The molecule has 0 rings (SSSR count). The van der Waals surface area contributed by atoms with E-state index in [9.17, 15) is 0 Å². The normalized spacial score (nSPS) is 3.90. The van der Waals surface area contributed by atoms with Crippen LogP contribution in [-0.2, 0) is 141 Å². The van der Waals surface area contributed by atoms with Gasteiger partial charge in [0.25, 0.3) is 0 Å². The fourth-order valence-corrected chi connectivity index (χ4v) is 0. The van der Waals surface area contributed by atoms with Crippen molar-refractivity contribution < 1.29 is 234 Å². The minimum absolute atomic E-state index is 0. The molecule has 0 aliphatic heterocycles. The minimum atomic E-state index is -4.08. The molecule has 12 nitrogen and oxygen atoms in total. The van der Waals surface area contributed by atoms with E-state index in [1.54, 1.807) is 0 Å². The Morgan fingerprint density at radius 3 is 0.450 bits per heavy atom. The van der Waals surface area contributed by atoms with Crippen LogP contribution in [0.2, 0.25) is 0 Å². The molecule has 0 aromatic heterocycles. The molecule has 0 bridgehead atoms. The molecule has 0 aliphatic rings. The summed E-state index contributed by atoms with van der Waals surface area (Å²) >= 11 is -12.2. The van der Waals surface area contributed by atoms with Crippen LogP contribution in [0.15, 0.2) is 0 Å². The maximum Gasteiger partial charge on any atom is 2.00 e. The molecule has 96 valence electrons. The van der Waals surface area contributed by atoms with E-state index in [0.29, 0.717) is 0 Å². The Balaban J connectivity index is -0.00000000562. The van der Waals surface area contributed by atoms with Gasteiger partial charge in [-0.15, -0.1) is 0 Å². The number of hydrogen-bond acceptors (Lipinski definition) is 9. The third-order valence-corrected chi connectivity index (χ3v) is 0. The molecular weight excluding hydrogens is 810 g/mol. The molecule has 0 fully saturated rings. The fourth-order valence-electron chi connectivity index (χ4n) is 0. The standard InChI is InChI=1S/2La.12O.3Ti.3Zn/q2*+3;;;;3*-2;6*-1;;;;3*+2. The zero-order valence-corrected chi connectivity index (χ0v) is 30.5. The summed E-state index contributed by atoms with van der Waals surface area (Å²) in [7, 11) is 0. The summed E-state index contributed by atoms with van der Waals surface area (Å²) in [5.74, 6) is 0. The average Bonchev–Trinajstić information content (AvgIpc) is 1.54. The van der Waals surface area contributed by atoms with E-state index in [2.05, 4.69) is 0 Å². The maximum atomic E-state index is 8.58. The van der Waals surface area contributed by atoms with Crippen LogP contribution in [0.4, 0.5) is 0 Å². The molecule has 0 saturated heterocycles. The Labute approximate surface area is 229 Å². The SMILES string of the molecule is [La+3].[La+3].[O-2].[O-2].[O-2].[O]=[Ti]([O-])[O-].[O]=[Ti]([O-])[O-].[O]=[Ti]([O-])[O-].[Zn+2].[Zn+2].[Zn+2]. The molecule has 0 N–H and O–H groups in total. The van der Waals surface area contributed by atoms with Gasteiger partial charge in [-0.2, -0.15) is 0 Å². The molecule has 0 radical (unpaired) electrons. The Kier molecular flexibility index (Phi) is 235. The molecular formula is La2O12Ti3Zn3. The quantitative estimate of drug-likeness (QED) is 0.210. The van der Waals surface area contributed by atoms with Gasteiger partial charge in [0.15, 0.2) is 0 Å². The predicted molar refractivity (Wildman–Crippen MR) is 4.12 cm³/mol. The van der Waals surface area contributed by atoms with Crippen molar-refractivity contribution in [1.29, 1.82) is 0 Å². The van der Waals surface area contributed by atoms with Crippen molar-refractivity contribution in [2.45, 2.75) is 0 Å². The van der Waals surface area contributed by atoms with Gasteiger partial charge in [0.1, 0.15) is 0 Å². The van der Waals surface area contributed by atoms with Crippen LogP contribution in [0.5, 0.6) is 0 Å². The molecule has 0 unspecified atom stereocenters. The Morgan fingerprint density at radius 1 is 0.450 bits per heavy atom. The molecule has 20 heavy (non-hydrogen) atoms. The topological polar surface area (TPSA) is 275 Å². The van der Waals surface area contributed by atoms with Gasteiger partial charge < -0.3 is 16.4 Å². The summed E-state index contributed by atoms with van der Waals surface area (Å²) in [6.45, 7) is 0. The summed E-state index contributed by atoms with van der Waals surface area (Å²) < 4.78 is 77.2. The van der Waals surface area contributed by atoms with Gasteiger partial charge in [0.05, 0.1) is 0 Å². The third-order valence-electron chi connectivity index (χ3n) is 0. The van der Waals surface area contributed by atoms with Crippen molar-refractivity contribution in [2.75, 3.05) is 0 Å². The monoisotopic (exact) mass is 805 g/mol. The van der Waals surface area contributed by atoms with Crippen LogP contribution >= 0.6 is 0 Å². The van der Waals surface area contributed by atoms with E-state index in [1.807, 2.05) is 0 Å². The average molecular weight is 810 g/mol. The van der Waals surface area contributed by atoms with Crippen molar-refractivity contribution >= 4 is 0 Å². The minimum Gasteiger partial charge on any atom is 2.00 e. The van der Waals surface area contributed by atoms with Gasteiger partial charge >= 0.3 is 218 Å². The molecule has 0 spiro atoms. The largest absolute Gasteiger partial charge is 2.00 e. The first kappa shape index (κ1) is 72.9. The van der Waals surface area contributed by atoms with Crippen LogP contribution < -0.4 is 22.1 Å². The summed E-state index contributed by atoms with van der Waals surface area (Å²) in [4.78, 5) is 0. The van der Waals surface area contributed by atoms with Gasteiger partial charge in [-0.1, -0.05) is 0 Å². The first-order valence-corrected chi connectivity index (χ1v) is 7.57. The molecule has 0 aliphatic carbocycles. The van der Waals surface area contributed by atoms with E-state index in [4.69, 9.17) is 32.1 Å². The van der Waals surface area contributed by atoms with Crippen LogP contribution in [0.1, 0.15) is 0 Å². The molecule has 0 heterocycles. The van der Waals surface area contributed by atoms with Crippen molar-refractivity contribution in [1.82, 2.24) is 0 Å². The molecule has 0 saturated carbocycles. The van der Waals surface area contributed by atoms with E-state index >= 15 is 0 Å². The second-order valence-electron chi connectivity index (χ2n) is 0.750. The first-order chi connectivity index (χ1) is 5.20.